The molecule has 35 heavy (non-hydrogen) atoms. The van der Waals surface area contributed by atoms with Gasteiger partial charge >= 0.3 is 20.8 Å². The maximum Gasteiger partial charge on any atom is 0.397 e. The average Bonchev–Trinajstić information content (AvgIpc) is 2.74. The van der Waals surface area contributed by atoms with Gasteiger partial charge in [-0.1, -0.05) is 0 Å². The van der Waals surface area contributed by atoms with Crippen LogP contribution in [0, 0.1) is 0 Å². The molecule has 1 fully saturated rings. The Bertz CT molecular complexity index is 880. The van der Waals surface area contributed by atoms with Crippen LogP contribution >= 0.6 is 0 Å². The summed E-state index contributed by atoms with van der Waals surface area (Å²) in [6.45, 7) is -0.677. The molecule has 1 saturated heterocycles. The van der Waals surface area contributed by atoms with Crippen LogP contribution in [0.2, 0.25) is 0 Å². The number of aliphatic hydroxyl groups excluding tert-OH is 7. The molecule has 0 aromatic rings. The van der Waals surface area contributed by atoms with E-state index in [9.17, 15) is 46.9 Å². The predicted octanol–water partition coefficient (Wildman–Crippen LogP) is -6.80. The molecule has 19 nitrogen and oxygen atoms in total. The van der Waals surface area contributed by atoms with Gasteiger partial charge in [0.2, 0.25) is 5.91 Å². The van der Waals surface area contributed by atoms with E-state index in [1.54, 1.807) is 0 Å². The van der Waals surface area contributed by atoms with E-state index in [1.165, 1.54) is 0 Å². The third-order valence-electron chi connectivity index (χ3n) is 4.10. The molecule has 0 aliphatic carbocycles. The fraction of sp³-hybridized carbons (Fsp3) is 0.857. The minimum Gasteiger partial charge on any atom is -0.394 e. The zero-order chi connectivity index (χ0) is 27.7. The molecular formula is C14H27NO18S2. The summed E-state index contributed by atoms with van der Waals surface area (Å²) >= 11 is 0. The lowest BCUT2D eigenvalue weighted by atomic mass is 9.97. The SMILES string of the molecule is CC(=O)N[C@H]1C(O)O[C@H](COS(=O)(=O)O)[C@H](O)[C@@H]1O.O=C[C@H](O)[C@@H](O)[C@H](OS(=O)(=O)O)[C@H](O)CO. The van der Waals surface area contributed by atoms with E-state index in [1.807, 2.05) is 0 Å². The molecule has 1 unspecified atom stereocenters. The number of hydrogen-bond acceptors (Lipinski definition) is 16. The summed E-state index contributed by atoms with van der Waals surface area (Å²) < 4.78 is 70.7. The van der Waals surface area contributed by atoms with Gasteiger partial charge in [0.05, 0.1) is 13.2 Å². The van der Waals surface area contributed by atoms with Gasteiger partial charge in [-0.25, -0.2) is 8.37 Å². The van der Waals surface area contributed by atoms with Crippen molar-refractivity contribution in [1.82, 2.24) is 5.32 Å². The summed E-state index contributed by atoms with van der Waals surface area (Å²) in [7, 11) is -9.76. The van der Waals surface area contributed by atoms with Gasteiger partial charge in [0.25, 0.3) is 0 Å². The molecule has 1 aliphatic heterocycles. The Morgan fingerprint density at radius 3 is 2.00 bits per heavy atom. The Morgan fingerprint density at radius 2 is 1.60 bits per heavy atom. The Hall–Kier alpha value is -1.44. The van der Waals surface area contributed by atoms with E-state index in [2.05, 4.69) is 13.7 Å². The van der Waals surface area contributed by atoms with Gasteiger partial charge in [-0.2, -0.15) is 16.8 Å². The number of carbonyl (C=O) groups is 2. The Kier molecular flexibility index (Phi) is 13.7. The van der Waals surface area contributed by atoms with Crippen LogP contribution < -0.4 is 5.32 Å². The summed E-state index contributed by atoms with van der Waals surface area (Å²) in [4.78, 5) is 20.9. The van der Waals surface area contributed by atoms with E-state index in [0.717, 1.165) is 6.92 Å². The summed E-state index contributed by atoms with van der Waals surface area (Å²) in [6.07, 6.45) is -14.5. The van der Waals surface area contributed by atoms with Gasteiger partial charge in [-0.3, -0.25) is 13.9 Å². The standard InChI is InChI=1S/C8H15NO9S.C6H12O9S/c1-3(10)9-5-7(12)6(11)4(18-8(5)13)2-17-19(14,15)16;7-1-3(9)5(11)6(4(10)2-8)15-16(12,13)14/h4-8,11-13H,2H2,1H3,(H,9,10)(H,14,15,16);1,3-6,8-11H,2H2,(H,12,13,14)/t4-,5-,6+,7-,8?;3-,4+,5+,6+/m10/s1. The van der Waals surface area contributed by atoms with Gasteiger partial charge in [0, 0.05) is 6.92 Å². The molecule has 0 bridgehead atoms. The van der Waals surface area contributed by atoms with Crippen molar-refractivity contribution in [3.8, 4) is 0 Å². The highest BCUT2D eigenvalue weighted by atomic mass is 32.3. The molecule has 1 amide bonds. The first kappa shape index (κ1) is 33.6. The maximum atomic E-state index is 10.8. The van der Waals surface area contributed by atoms with Gasteiger partial charge in [0.15, 0.2) is 12.6 Å². The van der Waals surface area contributed by atoms with Gasteiger partial charge in [-0.05, 0) is 0 Å². The van der Waals surface area contributed by atoms with Crippen molar-refractivity contribution in [1.29, 1.82) is 0 Å². The van der Waals surface area contributed by atoms with Crippen LogP contribution in [0.1, 0.15) is 6.92 Å². The van der Waals surface area contributed by atoms with Crippen LogP contribution in [-0.2, 0) is 43.5 Å². The molecule has 0 radical (unpaired) electrons. The third kappa shape index (κ3) is 12.4. The summed E-state index contributed by atoms with van der Waals surface area (Å²) in [5, 5.41) is 66.7. The smallest absolute Gasteiger partial charge is 0.394 e. The summed E-state index contributed by atoms with van der Waals surface area (Å²) in [5.41, 5.74) is 0. The number of aldehydes is 1. The molecule has 1 rings (SSSR count). The first-order chi connectivity index (χ1) is 15.8. The monoisotopic (exact) mass is 561 g/mol. The van der Waals surface area contributed by atoms with Crippen molar-refractivity contribution in [3.05, 3.63) is 0 Å². The van der Waals surface area contributed by atoms with E-state index < -0.39 is 95.0 Å². The van der Waals surface area contributed by atoms with Crippen molar-refractivity contribution >= 4 is 33.0 Å². The summed E-state index contributed by atoms with van der Waals surface area (Å²) in [6, 6.07) is -1.27. The summed E-state index contributed by atoms with van der Waals surface area (Å²) in [5.74, 6) is -0.563. The number of amides is 1. The fourth-order valence-corrected chi connectivity index (χ4v) is 3.32. The number of carbonyl (C=O) groups excluding carboxylic acids is 2. The number of ether oxygens (including phenoxy) is 1. The van der Waals surface area contributed by atoms with E-state index in [4.69, 9.17) is 29.2 Å². The van der Waals surface area contributed by atoms with Crippen LogP contribution in [0.4, 0.5) is 0 Å². The molecule has 208 valence electrons. The van der Waals surface area contributed by atoms with Crippen molar-refractivity contribution < 1.29 is 84.4 Å². The first-order valence-corrected chi connectivity index (χ1v) is 11.9. The van der Waals surface area contributed by atoms with Gasteiger partial charge in [0.1, 0.15) is 48.8 Å². The Morgan fingerprint density at radius 1 is 1.06 bits per heavy atom. The molecule has 21 heteroatoms. The molecule has 0 saturated carbocycles. The Balaban J connectivity index is 0.000000672. The zero-order valence-electron chi connectivity index (χ0n) is 17.7. The lowest BCUT2D eigenvalue weighted by Gasteiger charge is -2.40. The zero-order valence-corrected chi connectivity index (χ0v) is 19.3. The van der Waals surface area contributed by atoms with Crippen LogP contribution in [0.3, 0.4) is 0 Å². The largest absolute Gasteiger partial charge is 0.397 e. The first-order valence-electron chi connectivity index (χ1n) is 9.19. The second kappa shape index (κ2) is 14.3. The lowest BCUT2D eigenvalue weighted by Crippen LogP contribution is -2.64. The Labute approximate surface area is 198 Å². The molecule has 0 spiro atoms. The predicted molar refractivity (Wildman–Crippen MR) is 106 cm³/mol. The van der Waals surface area contributed by atoms with Crippen LogP contribution in [0.25, 0.3) is 0 Å². The molecule has 0 aromatic heterocycles. The maximum absolute atomic E-state index is 10.8. The molecule has 10 N–H and O–H groups in total. The highest BCUT2D eigenvalue weighted by Gasteiger charge is 2.44. The second-order valence-corrected chi connectivity index (χ2v) is 8.98. The molecule has 9 atom stereocenters. The van der Waals surface area contributed by atoms with Crippen LogP contribution in [0.15, 0.2) is 0 Å². The van der Waals surface area contributed by atoms with Crippen LogP contribution in [0.5, 0.6) is 0 Å². The molecule has 1 aliphatic rings. The van der Waals surface area contributed by atoms with E-state index >= 15 is 0 Å². The fourth-order valence-electron chi connectivity index (χ4n) is 2.50. The molecule has 1 heterocycles. The topological polar surface area (TPSA) is 324 Å². The molecule has 0 aromatic carbocycles. The number of rotatable bonds is 11. The van der Waals surface area contributed by atoms with Gasteiger partial charge in [-0.15, -0.1) is 0 Å². The van der Waals surface area contributed by atoms with E-state index in [-0.39, 0.29) is 6.29 Å². The second-order valence-electron chi connectivity index (χ2n) is 6.84. The average molecular weight is 561 g/mol. The lowest BCUT2D eigenvalue weighted by molar-refractivity contribution is -0.252. The van der Waals surface area contributed by atoms with Crippen molar-refractivity contribution in [2.24, 2.45) is 0 Å². The minimum atomic E-state index is -5.02. The molecular weight excluding hydrogens is 534 g/mol. The van der Waals surface area contributed by atoms with Crippen molar-refractivity contribution in [2.45, 2.75) is 62.0 Å². The highest BCUT2D eigenvalue weighted by Crippen LogP contribution is 2.20. The minimum absolute atomic E-state index is 0.130. The normalized spacial score (nSPS) is 28.6. The van der Waals surface area contributed by atoms with Crippen molar-refractivity contribution in [2.75, 3.05) is 13.2 Å². The van der Waals surface area contributed by atoms with Crippen LogP contribution in [-0.4, -0.2) is 142 Å². The number of aliphatic hydroxyl groups is 7. The quantitative estimate of drug-likeness (QED) is 0.0827. The highest BCUT2D eigenvalue weighted by molar-refractivity contribution is 7.81. The van der Waals surface area contributed by atoms with Gasteiger partial charge < -0.3 is 50.6 Å². The van der Waals surface area contributed by atoms with Crippen molar-refractivity contribution in [3.63, 3.8) is 0 Å². The third-order valence-corrected chi connectivity index (χ3v) is 5.00. The number of nitrogens with one attached hydrogen (secondary N) is 1. The number of hydrogen-bond donors (Lipinski definition) is 10. The van der Waals surface area contributed by atoms with E-state index in [0.29, 0.717) is 0 Å².